The van der Waals surface area contributed by atoms with E-state index in [1.165, 1.54) is 40.7 Å². The monoisotopic (exact) mass is 387 g/mol. The van der Waals surface area contributed by atoms with E-state index in [4.69, 9.17) is 0 Å². The zero-order chi connectivity index (χ0) is 18.0. The van der Waals surface area contributed by atoms with Gasteiger partial charge < -0.3 is 5.11 Å². The van der Waals surface area contributed by atoms with Crippen molar-refractivity contribution >= 4 is 21.4 Å². The molecule has 0 spiro atoms. The molecular weight excluding hydrogens is 358 g/mol. The van der Waals surface area contributed by atoms with E-state index in [0.717, 1.165) is 13.1 Å². The summed E-state index contributed by atoms with van der Waals surface area (Å²) in [6.07, 6.45) is 2.04. The summed E-state index contributed by atoms with van der Waals surface area (Å²) in [7, 11) is -0.189. The van der Waals surface area contributed by atoms with Gasteiger partial charge in [-0.05, 0) is 42.9 Å². The Morgan fingerprint density at radius 2 is 1.92 bits per heavy atom. The standard InChI is InChI=1S/C17H29N3O3S2/c1-18(2)25(22,23)13-15-9-20(11-17(15)21)10-16-7-14(12-24-16)8-19-5-3-4-6-19/h7,12,15,17,21H,3-6,8-11,13H2,1-2H3/t15-,17+/m0/s1. The third kappa shape index (κ3) is 5.02. The van der Waals surface area contributed by atoms with Crippen LogP contribution < -0.4 is 0 Å². The topological polar surface area (TPSA) is 64.1 Å². The molecule has 142 valence electrons. The van der Waals surface area contributed by atoms with Crippen LogP contribution in [0, 0.1) is 5.92 Å². The molecule has 2 saturated heterocycles. The lowest BCUT2D eigenvalue weighted by atomic mass is 10.1. The number of hydrogen-bond donors (Lipinski definition) is 1. The Morgan fingerprint density at radius 3 is 2.60 bits per heavy atom. The van der Waals surface area contributed by atoms with Crippen molar-refractivity contribution in [2.24, 2.45) is 5.92 Å². The molecule has 3 heterocycles. The maximum Gasteiger partial charge on any atom is 0.214 e. The zero-order valence-electron chi connectivity index (χ0n) is 15.1. The number of hydrogen-bond acceptors (Lipinski definition) is 6. The second-order valence-electron chi connectivity index (χ2n) is 7.49. The fourth-order valence-electron chi connectivity index (χ4n) is 3.67. The first-order chi connectivity index (χ1) is 11.8. The SMILES string of the molecule is CN(C)S(=O)(=O)C[C@@H]1CN(Cc2cc(CN3CCCC3)cs2)C[C@H]1O. The molecule has 0 aliphatic carbocycles. The van der Waals surface area contributed by atoms with Crippen LogP contribution in [0.5, 0.6) is 0 Å². The molecule has 2 aliphatic heterocycles. The molecule has 2 aliphatic rings. The minimum Gasteiger partial charge on any atom is -0.391 e. The highest BCUT2D eigenvalue weighted by molar-refractivity contribution is 7.89. The molecule has 0 radical (unpaired) electrons. The minimum absolute atomic E-state index is 0.0162. The molecule has 1 N–H and O–H groups in total. The third-order valence-corrected chi connectivity index (χ3v) is 8.09. The second-order valence-corrected chi connectivity index (χ2v) is 10.7. The number of rotatable bonds is 7. The van der Waals surface area contributed by atoms with Crippen LogP contribution in [0.2, 0.25) is 0 Å². The van der Waals surface area contributed by atoms with E-state index in [1.807, 2.05) is 0 Å². The van der Waals surface area contributed by atoms with E-state index in [1.54, 1.807) is 25.4 Å². The molecule has 0 bridgehead atoms. The Morgan fingerprint density at radius 1 is 1.20 bits per heavy atom. The molecule has 0 saturated carbocycles. The molecule has 0 amide bonds. The second kappa shape index (κ2) is 8.02. The summed E-state index contributed by atoms with van der Waals surface area (Å²) in [5.74, 6) is -0.195. The van der Waals surface area contributed by atoms with Crippen LogP contribution in [-0.4, -0.2) is 79.8 Å². The molecule has 2 atom stereocenters. The summed E-state index contributed by atoms with van der Waals surface area (Å²) in [6.45, 7) is 5.40. The van der Waals surface area contributed by atoms with Crippen LogP contribution in [-0.2, 0) is 23.1 Å². The Balaban J connectivity index is 1.53. The van der Waals surface area contributed by atoms with Gasteiger partial charge in [0.1, 0.15) is 0 Å². The molecule has 3 rings (SSSR count). The Bertz CT molecular complexity index is 668. The van der Waals surface area contributed by atoms with Crippen molar-refractivity contribution in [3.63, 3.8) is 0 Å². The summed E-state index contributed by atoms with van der Waals surface area (Å²) in [6, 6.07) is 2.26. The van der Waals surface area contributed by atoms with Gasteiger partial charge in [0.05, 0.1) is 11.9 Å². The van der Waals surface area contributed by atoms with Crippen LogP contribution in [0.25, 0.3) is 0 Å². The number of β-amino-alcohol motifs (C(OH)–C–C–N with tert-alkyl or cyclic N) is 1. The van der Waals surface area contributed by atoms with Crippen molar-refractivity contribution < 1.29 is 13.5 Å². The molecule has 1 aromatic rings. The number of thiophene rings is 1. The van der Waals surface area contributed by atoms with Crippen LogP contribution in [0.4, 0.5) is 0 Å². The largest absolute Gasteiger partial charge is 0.391 e. The van der Waals surface area contributed by atoms with Crippen molar-refractivity contribution in [3.05, 3.63) is 21.9 Å². The van der Waals surface area contributed by atoms with E-state index in [9.17, 15) is 13.5 Å². The predicted octanol–water partition coefficient (Wildman–Crippen LogP) is 1.03. The highest BCUT2D eigenvalue weighted by atomic mass is 32.2. The van der Waals surface area contributed by atoms with E-state index in [-0.39, 0.29) is 11.7 Å². The molecule has 0 aromatic carbocycles. The first-order valence-electron chi connectivity index (χ1n) is 8.93. The Kier molecular flexibility index (Phi) is 6.18. The summed E-state index contributed by atoms with van der Waals surface area (Å²) in [5, 5.41) is 12.5. The van der Waals surface area contributed by atoms with E-state index < -0.39 is 16.1 Å². The average Bonchev–Trinajstić information content (AvgIpc) is 3.24. The molecule has 6 nitrogen and oxygen atoms in total. The first kappa shape index (κ1) is 19.3. The number of sulfonamides is 1. The molecule has 0 unspecified atom stereocenters. The smallest absolute Gasteiger partial charge is 0.214 e. The quantitative estimate of drug-likeness (QED) is 0.757. The molecule has 25 heavy (non-hydrogen) atoms. The third-order valence-electron chi connectivity index (χ3n) is 5.16. The lowest BCUT2D eigenvalue weighted by Gasteiger charge is -2.17. The van der Waals surface area contributed by atoms with Gasteiger partial charge in [0, 0.05) is 51.1 Å². The highest BCUT2D eigenvalue weighted by Crippen LogP contribution is 2.25. The summed E-state index contributed by atoms with van der Waals surface area (Å²) in [5.41, 5.74) is 1.37. The fraction of sp³-hybridized carbons (Fsp3) is 0.765. The van der Waals surface area contributed by atoms with E-state index in [0.29, 0.717) is 13.1 Å². The van der Waals surface area contributed by atoms with Gasteiger partial charge in [0.25, 0.3) is 0 Å². The Labute approximate surface area is 155 Å². The number of likely N-dealkylation sites (tertiary alicyclic amines) is 2. The Hall–Kier alpha value is -0.510. The van der Waals surface area contributed by atoms with Gasteiger partial charge in [-0.2, -0.15) is 0 Å². The minimum atomic E-state index is -3.28. The predicted molar refractivity (Wildman–Crippen MR) is 101 cm³/mol. The van der Waals surface area contributed by atoms with Crippen LogP contribution in [0.15, 0.2) is 11.4 Å². The van der Waals surface area contributed by atoms with Gasteiger partial charge in [0.2, 0.25) is 10.0 Å². The molecule has 1 aromatic heterocycles. The summed E-state index contributed by atoms with van der Waals surface area (Å²) < 4.78 is 25.4. The van der Waals surface area contributed by atoms with Crippen LogP contribution >= 0.6 is 11.3 Å². The lowest BCUT2D eigenvalue weighted by Crippen LogP contribution is -2.33. The van der Waals surface area contributed by atoms with Gasteiger partial charge in [-0.3, -0.25) is 9.80 Å². The van der Waals surface area contributed by atoms with Crippen molar-refractivity contribution in [2.75, 3.05) is 46.0 Å². The van der Waals surface area contributed by atoms with Gasteiger partial charge in [-0.25, -0.2) is 12.7 Å². The lowest BCUT2D eigenvalue weighted by molar-refractivity contribution is 0.148. The highest BCUT2D eigenvalue weighted by Gasteiger charge is 2.35. The van der Waals surface area contributed by atoms with E-state index >= 15 is 0 Å². The summed E-state index contributed by atoms with van der Waals surface area (Å²) >= 11 is 1.76. The van der Waals surface area contributed by atoms with Crippen molar-refractivity contribution in [2.45, 2.75) is 32.0 Å². The molecule has 2 fully saturated rings. The normalized spacial score (nSPS) is 26.1. The molecular formula is C17H29N3O3S2. The van der Waals surface area contributed by atoms with Gasteiger partial charge in [-0.15, -0.1) is 11.3 Å². The zero-order valence-corrected chi connectivity index (χ0v) is 16.7. The molecule has 8 heteroatoms. The first-order valence-corrected chi connectivity index (χ1v) is 11.4. The maximum absolute atomic E-state index is 12.1. The average molecular weight is 388 g/mol. The van der Waals surface area contributed by atoms with Gasteiger partial charge >= 0.3 is 0 Å². The van der Waals surface area contributed by atoms with Crippen molar-refractivity contribution in [3.8, 4) is 0 Å². The summed E-state index contributed by atoms with van der Waals surface area (Å²) in [4.78, 5) is 5.96. The van der Waals surface area contributed by atoms with Crippen LogP contribution in [0.3, 0.4) is 0 Å². The van der Waals surface area contributed by atoms with Crippen molar-refractivity contribution in [1.29, 1.82) is 0 Å². The number of aliphatic hydroxyl groups excluding tert-OH is 1. The van der Waals surface area contributed by atoms with Crippen LogP contribution in [0.1, 0.15) is 23.3 Å². The number of aliphatic hydroxyl groups is 1. The number of nitrogens with zero attached hydrogens (tertiary/aromatic N) is 3. The maximum atomic E-state index is 12.1. The van der Waals surface area contributed by atoms with E-state index in [2.05, 4.69) is 21.2 Å². The fourth-order valence-corrected chi connectivity index (χ4v) is 5.75. The van der Waals surface area contributed by atoms with Gasteiger partial charge in [-0.1, -0.05) is 0 Å². The van der Waals surface area contributed by atoms with Gasteiger partial charge in [0.15, 0.2) is 0 Å². The van der Waals surface area contributed by atoms with Crippen molar-refractivity contribution in [1.82, 2.24) is 14.1 Å².